The Morgan fingerprint density at radius 3 is 2.91 bits per heavy atom. The van der Waals surface area contributed by atoms with E-state index in [-0.39, 0.29) is 5.91 Å². The van der Waals surface area contributed by atoms with E-state index in [1.807, 2.05) is 11.0 Å². The lowest BCUT2D eigenvalue weighted by atomic mass is 10.2. The number of anilines is 1. The lowest BCUT2D eigenvalue weighted by molar-refractivity contribution is -0.172. The molecule has 1 atom stereocenters. The van der Waals surface area contributed by atoms with Crippen LogP contribution in [0.4, 0.5) is 5.95 Å². The Morgan fingerprint density at radius 1 is 1.27 bits per heavy atom. The maximum atomic E-state index is 12.7. The summed E-state index contributed by atoms with van der Waals surface area (Å²) in [5.74, 6) is 0.554. The van der Waals surface area contributed by atoms with E-state index < -0.39 is 6.04 Å². The number of nitrogens with zero attached hydrogens (tertiary/aromatic N) is 6. The lowest BCUT2D eigenvalue weighted by Crippen LogP contribution is -2.46. The molecule has 0 bridgehead atoms. The molecular weight excluding hydrogens is 284 g/mol. The Morgan fingerprint density at radius 2 is 2.14 bits per heavy atom. The molecule has 4 heterocycles. The number of fused-ring (bicyclic) bond motifs is 1. The molecule has 0 aliphatic carbocycles. The Balaban J connectivity index is 1.64. The molecule has 2 aromatic heterocycles. The SMILES string of the molecule is O=C(C1CN(c2ncccn2)Cc2ccnn21)N1CCCO1. The minimum Gasteiger partial charge on any atom is -0.332 e. The fourth-order valence-electron chi connectivity index (χ4n) is 2.87. The van der Waals surface area contributed by atoms with Gasteiger partial charge in [-0.1, -0.05) is 0 Å². The van der Waals surface area contributed by atoms with Crippen molar-refractivity contribution in [3.05, 3.63) is 36.4 Å². The first-order valence-electron chi connectivity index (χ1n) is 7.31. The van der Waals surface area contributed by atoms with E-state index in [4.69, 9.17) is 4.84 Å². The summed E-state index contributed by atoms with van der Waals surface area (Å²) in [6, 6.07) is 3.28. The second-order valence-electron chi connectivity index (χ2n) is 5.34. The molecule has 1 unspecified atom stereocenters. The van der Waals surface area contributed by atoms with Crippen molar-refractivity contribution < 1.29 is 9.63 Å². The third-order valence-corrected chi connectivity index (χ3v) is 3.91. The maximum absolute atomic E-state index is 12.7. The highest BCUT2D eigenvalue weighted by atomic mass is 16.7. The van der Waals surface area contributed by atoms with E-state index in [1.165, 1.54) is 5.06 Å². The zero-order chi connectivity index (χ0) is 14.9. The standard InChI is InChI=1S/C14H16N6O2/c21-13(19-7-2-8-22-19)12-10-18(14-15-4-1-5-16-14)9-11-3-6-17-20(11)12/h1,3-6,12H,2,7-10H2. The van der Waals surface area contributed by atoms with Crippen molar-refractivity contribution in [1.29, 1.82) is 0 Å². The van der Waals surface area contributed by atoms with E-state index >= 15 is 0 Å². The quantitative estimate of drug-likeness (QED) is 0.799. The van der Waals surface area contributed by atoms with Gasteiger partial charge in [-0.15, -0.1) is 0 Å². The van der Waals surface area contributed by atoms with Crippen LogP contribution < -0.4 is 4.90 Å². The summed E-state index contributed by atoms with van der Waals surface area (Å²) in [5, 5.41) is 5.75. The van der Waals surface area contributed by atoms with E-state index in [2.05, 4.69) is 15.1 Å². The van der Waals surface area contributed by atoms with Crippen molar-refractivity contribution in [3.63, 3.8) is 0 Å². The van der Waals surface area contributed by atoms with Gasteiger partial charge in [-0.05, 0) is 18.6 Å². The summed E-state index contributed by atoms with van der Waals surface area (Å²) < 4.78 is 1.78. The fourth-order valence-corrected chi connectivity index (χ4v) is 2.87. The van der Waals surface area contributed by atoms with Crippen molar-refractivity contribution in [3.8, 4) is 0 Å². The van der Waals surface area contributed by atoms with Gasteiger partial charge in [-0.2, -0.15) is 5.10 Å². The first-order valence-corrected chi connectivity index (χ1v) is 7.31. The van der Waals surface area contributed by atoms with Crippen LogP contribution in [-0.4, -0.2) is 50.4 Å². The highest BCUT2D eigenvalue weighted by Gasteiger charge is 2.36. The molecule has 22 heavy (non-hydrogen) atoms. The van der Waals surface area contributed by atoms with Crippen LogP contribution >= 0.6 is 0 Å². The van der Waals surface area contributed by atoms with Gasteiger partial charge in [0.05, 0.1) is 31.9 Å². The first-order chi connectivity index (χ1) is 10.8. The van der Waals surface area contributed by atoms with E-state index in [0.717, 1.165) is 12.1 Å². The second kappa shape index (κ2) is 5.38. The molecular formula is C14H16N6O2. The van der Waals surface area contributed by atoms with Gasteiger partial charge in [0, 0.05) is 18.6 Å². The third-order valence-electron chi connectivity index (χ3n) is 3.91. The van der Waals surface area contributed by atoms with Crippen LogP contribution in [0.5, 0.6) is 0 Å². The highest BCUT2D eigenvalue weighted by molar-refractivity contribution is 5.80. The number of carbonyl (C=O) groups is 1. The molecule has 4 rings (SSSR count). The van der Waals surface area contributed by atoms with Crippen molar-refractivity contribution >= 4 is 11.9 Å². The number of rotatable bonds is 2. The molecule has 2 aliphatic rings. The molecule has 1 amide bonds. The second-order valence-corrected chi connectivity index (χ2v) is 5.34. The Labute approximate surface area is 127 Å². The molecule has 8 nitrogen and oxygen atoms in total. The van der Waals surface area contributed by atoms with Crippen LogP contribution in [0.2, 0.25) is 0 Å². The van der Waals surface area contributed by atoms with Crippen LogP contribution in [0.1, 0.15) is 18.2 Å². The summed E-state index contributed by atoms with van der Waals surface area (Å²) >= 11 is 0. The lowest BCUT2D eigenvalue weighted by Gasteiger charge is -2.34. The molecule has 0 aromatic carbocycles. The van der Waals surface area contributed by atoms with Crippen molar-refractivity contribution in [2.75, 3.05) is 24.6 Å². The smallest absolute Gasteiger partial charge is 0.272 e. The van der Waals surface area contributed by atoms with Gasteiger partial charge in [0.2, 0.25) is 5.95 Å². The van der Waals surface area contributed by atoms with E-state index in [1.54, 1.807) is 29.3 Å². The van der Waals surface area contributed by atoms with Gasteiger partial charge in [0.25, 0.3) is 5.91 Å². The minimum atomic E-state index is -0.416. The molecule has 0 saturated carbocycles. The molecule has 2 aromatic rings. The molecule has 0 spiro atoms. The minimum absolute atomic E-state index is 0.0666. The number of aromatic nitrogens is 4. The summed E-state index contributed by atoms with van der Waals surface area (Å²) in [6.07, 6.45) is 6.00. The zero-order valence-corrected chi connectivity index (χ0v) is 12.0. The van der Waals surface area contributed by atoms with E-state index in [0.29, 0.717) is 32.2 Å². The number of amides is 1. The average molecular weight is 300 g/mol. The summed E-state index contributed by atoms with van der Waals surface area (Å²) in [6.45, 7) is 2.34. The van der Waals surface area contributed by atoms with Gasteiger partial charge in [0.1, 0.15) is 0 Å². The van der Waals surface area contributed by atoms with Crippen LogP contribution in [-0.2, 0) is 16.2 Å². The third kappa shape index (κ3) is 2.21. The predicted molar refractivity (Wildman–Crippen MR) is 76.6 cm³/mol. The van der Waals surface area contributed by atoms with Gasteiger partial charge in [-0.25, -0.2) is 15.0 Å². The monoisotopic (exact) mass is 300 g/mol. The van der Waals surface area contributed by atoms with Crippen LogP contribution in [0, 0.1) is 0 Å². The number of hydrogen-bond donors (Lipinski definition) is 0. The molecule has 1 saturated heterocycles. The molecule has 0 radical (unpaired) electrons. The topological polar surface area (TPSA) is 76.4 Å². The largest absolute Gasteiger partial charge is 0.332 e. The average Bonchev–Trinajstić information content (AvgIpc) is 3.25. The van der Waals surface area contributed by atoms with Gasteiger partial charge >= 0.3 is 0 Å². The van der Waals surface area contributed by atoms with Crippen molar-refractivity contribution in [2.45, 2.75) is 19.0 Å². The first kappa shape index (κ1) is 13.2. The van der Waals surface area contributed by atoms with Gasteiger partial charge < -0.3 is 4.90 Å². The normalized spacial score (nSPS) is 21.0. The van der Waals surface area contributed by atoms with Crippen LogP contribution in [0.15, 0.2) is 30.7 Å². The molecule has 1 fully saturated rings. The Kier molecular flexibility index (Phi) is 3.23. The zero-order valence-electron chi connectivity index (χ0n) is 12.0. The molecule has 8 heteroatoms. The highest BCUT2D eigenvalue weighted by Crippen LogP contribution is 2.25. The number of hydrogen-bond acceptors (Lipinski definition) is 6. The number of hydroxylamine groups is 2. The van der Waals surface area contributed by atoms with Crippen LogP contribution in [0.25, 0.3) is 0 Å². The summed E-state index contributed by atoms with van der Waals surface area (Å²) in [7, 11) is 0. The Bertz CT molecular complexity index is 667. The number of carbonyl (C=O) groups excluding carboxylic acids is 1. The molecule has 2 aliphatic heterocycles. The summed E-state index contributed by atoms with van der Waals surface area (Å²) in [4.78, 5) is 28.7. The van der Waals surface area contributed by atoms with Crippen molar-refractivity contribution in [1.82, 2.24) is 24.8 Å². The van der Waals surface area contributed by atoms with Gasteiger partial charge in [0.15, 0.2) is 6.04 Å². The van der Waals surface area contributed by atoms with Gasteiger partial charge in [-0.3, -0.25) is 14.3 Å². The molecule has 0 N–H and O–H groups in total. The van der Waals surface area contributed by atoms with Crippen molar-refractivity contribution in [2.24, 2.45) is 0 Å². The Hall–Kier alpha value is -2.48. The fraction of sp³-hybridized carbons (Fsp3) is 0.429. The van der Waals surface area contributed by atoms with Crippen LogP contribution in [0.3, 0.4) is 0 Å². The molecule has 114 valence electrons. The van der Waals surface area contributed by atoms with E-state index in [9.17, 15) is 4.79 Å². The predicted octanol–water partition coefficient (Wildman–Crippen LogP) is 0.398. The maximum Gasteiger partial charge on any atom is 0.272 e. The summed E-state index contributed by atoms with van der Waals surface area (Å²) in [5.41, 5.74) is 0.969.